The molecule has 28 heavy (non-hydrogen) atoms. The van der Waals surface area contributed by atoms with Crippen molar-refractivity contribution in [2.24, 2.45) is 0 Å². The summed E-state index contributed by atoms with van der Waals surface area (Å²) in [6, 6.07) is 18.6. The normalized spacial score (nSPS) is 15.7. The van der Waals surface area contributed by atoms with Crippen molar-refractivity contribution in [3.8, 4) is 11.3 Å². The zero-order valence-corrected chi connectivity index (χ0v) is 15.1. The quantitative estimate of drug-likeness (QED) is 0.639. The van der Waals surface area contributed by atoms with Gasteiger partial charge in [-0.25, -0.2) is 9.97 Å². The van der Waals surface area contributed by atoms with Gasteiger partial charge >= 0.3 is 0 Å². The molecule has 3 aromatic rings. The molecule has 0 bridgehead atoms. The third-order valence-corrected chi connectivity index (χ3v) is 4.47. The first kappa shape index (κ1) is 17.7. The van der Waals surface area contributed by atoms with E-state index in [9.17, 15) is 9.59 Å². The van der Waals surface area contributed by atoms with E-state index in [1.807, 2.05) is 48.5 Å². The van der Waals surface area contributed by atoms with Crippen LogP contribution in [0.3, 0.4) is 0 Å². The molecule has 2 heterocycles. The average Bonchev–Trinajstić information content (AvgIpc) is 3.17. The van der Waals surface area contributed by atoms with Gasteiger partial charge in [0.05, 0.1) is 5.69 Å². The molecule has 1 aliphatic heterocycles. The van der Waals surface area contributed by atoms with Gasteiger partial charge in [-0.15, -0.1) is 0 Å². The van der Waals surface area contributed by atoms with Crippen LogP contribution in [0.1, 0.15) is 12.8 Å². The molecule has 3 N–H and O–H groups in total. The molecular weight excluding hydrogens is 354 g/mol. The van der Waals surface area contributed by atoms with Crippen LogP contribution < -0.4 is 16.0 Å². The van der Waals surface area contributed by atoms with Crippen molar-refractivity contribution in [2.45, 2.75) is 18.9 Å². The zero-order valence-electron chi connectivity index (χ0n) is 15.1. The number of nitrogens with zero attached hydrogens (tertiary/aromatic N) is 2. The second-order valence-electron chi connectivity index (χ2n) is 6.50. The van der Waals surface area contributed by atoms with E-state index in [0.29, 0.717) is 24.3 Å². The number of rotatable bonds is 5. The van der Waals surface area contributed by atoms with Crippen molar-refractivity contribution in [2.75, 3.05) is 10.6 Å². The first-order valence-corrected chi connectivity index (χ1v) is 9.02. The van der Waals surface area contributed by atoms with E-state index >= 15 is 0 Å². The molecule has 2 amide bonds. The Morgan fingerprint density at radius 2 is 1.75 bits per heavy atom. The molecule has 1 aromatic heterocycles. The van der Waals surface area contributed by atoms with Crippen LogP contribution in [0.4, 0.5) is 17.2 Å². The predicted octanol–water partition coefficient (Wildman–Crippen LogP) is 3.10. The predicted molar refractivity (Wildman–Crippen MR) is 107 cm³/mol. The number of hydrogen-bond acceptors (Lipinski definition) is 5. The average molecular weight is 373 g/mol. The summed E-state index contributed by atoms with van der Waals surface area (Å²) in [6.45, 7) is 0. The van der Waals surface area contributed by atoms with E-state index in [1.54, 1.807) is 12.1 Å². The number of aromatic nitrogens is 2. The molecule has 7 nitrogen and oxygen atoms in total. The monoisotopic (exact) mass is 373 g/mol. The van der Waals surface area contributed by atoms with Gasteiger partial charge in [0.25, 0.3) is 0 Å². The molecule has 1 aliphatic rings. The Kier molecular flexibility index (Phi) is 4.97. The standard InChI is InChI=1S/C21H19N5O2/c27-20-11-10-17(26-20)21(28)25-16-8-6-15(7-9-16)24-19-12-18(22-13-23-19)14-4-2-1-3-5-14/h1-9,12-13,17H,10-11H2,(H,25,28)(H,26,27)(H,22,23,24). The van der Waals surface area contributed by atoms with Gasteiger partial charge in [-0.2, -0.15) is 0 Å². The molecule has 4 rings (SSSR count). The Morgan fingerprint density at radius 1 is 1.00 bits per heavy atom. The summed E-state index contributed by atoms with van der Waals surface area (Å²) in [4.78, 5) is 32.0. The molecule has 1 saturated heterocycles. The van der Waals surface area contributed by atoms with Gasteiger partial charge in [-0.1, -0.05) is 30.3 Å². The first-order chi connectivity index (χ1) is 13.7. The van der Waals surface area contributed by atoms with Gasteiger partial charge in [-0.3, -0.25) is 9.59 Å². The third kappa shape index (κ3) is 4.15. The van der Waals surface area contributed by atoms with Gasteiger partial charge < -0.3 is 16.0 Å². The van der Waals surface area contributed by atoms with E-state index in [4.69, 9.17) is 0 Å². The SMILES string of the molecule is O=C1CCC(C(=O)Nc2ccc(Nc3cc(-c4ccccc4)ncn3)cc2)N1. The van der Waals surface area contributed by atoms with Crippen molar-refractivity contribution in [1.29, 1.82) is 0 Å². The van der Waals surface area contributed by atoms with E-state index in [-0.39, 0.29) is 11.8 Å². The van der Waals surface area contributed by atoms with Crippen LogP contribution >= 0.6 is 0 Å². The van der Waals surface area contributed by atoms with Crippen molar-refractivity contribution < 1.29 is 9.59 Å². The van der Waals surface area contributed by atoms with Crippen LogP contribution in [0.5, 0.6) is 0 Å². The molecule has 1 atom stereocenters. The summed E-state index contributed by atoms with van der Waals surface area (Å²) in [5, 5.41) is 8.71. The molecule has 140 valence electrons. The minimum Gasteiger partial charge on any atom is -0.344 e. The van der Waals surface area contributed by atoms with Crippen LogP contribution in [0.25, 0.3) is 11.3 Å². The summed E-state index contributed by atoms with van der Waals surface area (Å²) >= 11 is 0. The fourth-order valence-electron chi connectivity index (χ4n) is 3.02. The van der Waals surface area contributed by atoms with Crippen LogP contribution in [-0.2, 0) is 9.59 Å². The Labute approximate surface area is 162 Å². The summed E-state index contributed by atoms with van der Waals surface area (Å²) < 4.78 is 0. The Morgan fingerprint density at radius 3 is 2.46 bits per heavy atom. The summed E-state index contributed by atoms with van der Waals surface area (Å²) in [5.74, 6) is 0.397. The maximum atomic E-state index is 12.2. The highest BCUT2D eigenvalue weighted by Crippen LogP contribution is 2.22. The lowest BCUT2D eigenvalue weighted by atomic mass is 10.1. The second-order valence-corrected chi connectivity index (χ2v) is 6.50. The molecule has 0 aliphatic carbocycles. The van der Waals surface area contributed by atoms with E-state index in [1.165, 1.54) is 6.33 Å². The van der Waals surface area contributed by atoms with Gasteiger partial charge in [0.1, 0.15) is 18.2 Å². The number of amides is 2. The Balaban J connectivity index is 1.41. The minimum absolute atomic E-state index is 0.0839. The number of anilines is 3. The lowest BCUT2D eigenvalue weighted by molar-refractivity contribution is -0.122. The fourth-order valence-corrected chi connectivity index (χ4v) is 3.02. The van der Waals surface area contributed by atoms with Crippen LogP contribution in [0.2, 0.25) is 0 Å². The lowest BCUT2D eigenvalue weighted by Crippen LogP contribution is -2.37. The molecule has 0 radical (unpaired) electrons. The number of benzene rings is 2. The van der Waals surface area contributed by atoms with Crippen LogP contribution in [0, 0.1) is 0 Å². The lowest BCUT2D eigenvalue weighted by Gasteiger charge is -2.12. The highest BCUT2D eigenvalue weighted by molar-refractivity contribution is 5.99. The van der Waals surface area contributed by atoms with Crippen molar-refractivity contribution in [3.63, 3.8) is 0 Å². The summed E-state index contributed by atoms with van der Waals surface area (Å²) in [7, 11) is 0. The Hall–Kier alpha value is -3.74. The molecule has 1 unspecified atom stereocenters. The highest BCUT2D eigenvalue weighted by Gasteiger charge is 2.27. The highest BCUT2D eigenvalue weighted by atomic mass is 16.2. The molecule has 7 heteroatoms. The Bertz CT molecular complexity index is 989. The third-order valence-electron chi connectivity index (χ3n) is 4.47. The van der Waals surface area contributed by atoms with Gasteiger partial charge in [0.15, 0.2) is 0 Å². The van der Waals surface area contributed by atoms with E-state index < -0.39 is 6.04 Å². The van der Waals surface area contributed by atoms with Gasteiger partial charge in [0.2, 0.25) is 11.8 Å². The molecule has 2 aromatic carbocycles. The second kappa shape index (κ2) is 7.87. The smallest absolute Gasteiger partial charge is 0.246 e. The number of carbonyl (C=O) groups is 2. The van der Waals surface area contributed by atoms with E-state index in [0.717, 1.165) is 16.9 Å². The van der Waals surface area contributed by atoms with Crippen molar-refractivity contribution >= 4 is 29.0 Å². The van der Waals surface area contributed by atoms with Crippen LogP contribution in [-0.4, -0.2) is 27.8 Å². The largest absolute Gasteiger partial charge is 0.344 e. The van der Waals surface area contributed by atoms with E-state index in [2.05, 4.69) is 25.9 Å². The summed E-state index contributed by atoms with van der Waals surface area (Å²) in [6.07, 6.45) is 2.45. The molecular formula is C21H19N5O2. The number of hydrogen-bond donors (Lipinski definition) is 3. The zero-order chi connectivity index (χ0) is 19.3. The van der Waals surface area contributed by atoms with Crippen molar-refractivity contribution in [3.05, 3.63) is 67.0 Å². The molecule has 1 fully saturated rings. The first-order valence-electron chi connectivity index (χ1n) is 9.02. The maximum Gasteiger partial charge on any atom is 0.246 e. The van der Waals surface area contributed by atoms with Gasteiger partial charge in [-0.05, 0) is 30.7 Å². The molecule has 0 spiro atoms. The van der Waals surface area contributed by atoms with Crippen LogP contribution in [0.15, 0.2) is 67.0 Å². The number of carbonyl (C=O) groups excluding carboxylic acids is 2. The topological polar surface area (TPSA) is 96.0 Å². The maximum absolute atomic E-state index is 12.2. The number of nitrogens with one attached hydrogen (secondary N) is 3. The summed E-state index contributed by atoms with van der Waals surface area (Å²) in [5.41, 5.74) is 3.36. The minimum atomic E-state index is -0.456. The van der Waals surface area contributed by atoms with Gasteiger partial charge in [0, 0.05) is 29.4 Å². The van der Waals surface area contributed by atoms with Crippen molar-refractivity contribution in [1.82, 2.24) is 15.3 Å². The fraction of sp³-hybridized carbons (Fsp3) is 0.143. The molecule has 0 saturated carbocycles.